The van der Waals surface area contributed by atoms with Crippen LogP contribution in [0.3, 0.4) is 0 Å². The van der Waals surface area contributed by atoms with Gasteiger partial charge in [-0.05, 0) is 32.0 Å². The first kappa shape index (κ1) is 21.1. The van der Waals surface area contributed by atoms with Gasteiger partial charge in [0.1, 0.15) is 11.6 Å². The van der Waals surface area contributed by atoms with Crippen molar-refractivity contribution in [3.63, 3.8) is 0 Å². The SMILES string of the molecule is COc1ccccc1CC(=O)NCCNc1nc(C)cc(Nc2ccc(C)cc2)n1. The molecule has 0 fully saturated rings. The summed E-state index contributed by atoms with van der Waals surface area (Å²) in [6.45, 7) is 4.95. The molecule has 0 aliphatic rings. The third kappa shape index (κ3) is 6.20. The number of methoxy groups -OCH3 is 1. The van der Waals surface area contributed by atoms with Crippen LogP contribution in [0.15, 0.2) is 54.6 Å². The van der Waals surface area contributed by atoms with E-state index in [2.05, 4.69) is 32.8 Å². The molecule has 0 aliphatic carbocycles. The molecule has 0 spiro atoms. The summed E-state index contributed by atoms with van der Waals surface area (Å²) in [6, 6.07) is 17.5. The van der Waals surface area contributed by atoms with Crippen molar-refractivity contribution < 1.29 is 9.53 Å². The lowest BCUT2D eigenvalue weighted by molar-refractivity contribution is -0.120. The number of hydrogen-bond acceptors (Lipinski definition) is 6. The van der Waals surface area contributed by atoms with Crippen molar-refractivity contribution in [1.29, 1.82) is 0 Å². The second kappa shape index (κ2) is 10.2. The minimum Gasteiger partial charge on any atom is -0.496 e. The summed E-state index contributed by atoms with van der Waals surface area (Å²) in [5, 5.41) is 9.35. The van der Waals surface area contributed by atoms with Gasteiger partial charge in [0.05, 0.1) is 13.5 Å². The molecule has 7 heteroatoms. The molecule has 30 heavy (non-hydrogen) atoms. The number of ether oxygens (including phenoxy) is 1. The summed E-state index contributed by atoms with van der Waals surface area (Å²) < 4.78 is 5.29. The molecule has 1 amide bonds. The molecule has 7 nitrogen and oxygen atoms in total. The Balaban J connectivity index is 1.49. The van der Waals surface area contributed by atoms with Crippen LogP contribution in [0.25, 0.3) is 0 Å². The van der Waals surface area contributed by atoms with Crippen LogP contribution in [0.2, 0.25) is 0 Å². The van der Waals surface area contributed by atoms with Gasteiger partial charge in [-0.3, -0.25) is 4.79 Å². The maximum atomic E-state index is 12.2. The lowest BCUT2D eigenvalue weighted by Crippen LogP contribution is -2.30. The monoisotopic (exact) mass is 405 g/mol. The Morgan fingerprint density at radius 2 is 1.77 bits per heavy atom. The fourth-order valence-corrected chi connectivity index (χ4v) is 2.96. The second-order valence-electron chi connectivity index (χ2n) is 6.97. The van der Waals surface area contributed by atoms with Gasteiger partial charge in [0.2, 0.25) is 11.9 Å². The van der Waals surface area contributed by atoms with E-state index in [1.807, 2.05) is 61.5 Å². The van der Waals surface area contributed by atoms with Crippen molar-refractivity contribution in [2.24, 2.45) is 0 Å². The van der Waals surface area contributed by atoms with Gasteiger partial charge in [0.25, 0.3) is 0 Å². The molecule has 0 bridgehead atoms. The van der Waals surface area contributed by atoms with Crippen molar-refractivity contribution in [2.75, 3.05) is 30.8 Å². The second-order valence-corrected chi connectivity index (χ2v) is 6.97. The molecule has 3 aromatic rings. The van der Waals surface area contributed by atoms with E-state index in [0.29, 0.717) is 30.6 Å². The minimum absolute atomic E-state index is 0.0619. The molecular weight excluding hydrogens is 378 g/mol. The molecule has 3 N–H and O–H groups in total. The normalized spacial score (nSPS) is 10.4. The van der Waals surface area contributed by atoms with Gasteiger partial charge >= 0.3 is 0 Å². The molecule has 0 saturated carbocycles. The molecule has 0 aliphatic heterocycles. The first-order valence-corrected chi connectivity index (χ1v) is 9.85. The van der Waals surface area contributed by atoms with Gasteiger partial charge in [-0.15, -0.1) is 0 Å². The summed E-state index contributed by atoms with van der Waals surface area (Å²) in [4.78, 5) is 21.1. The predicted molar refractivity (Wildman–Crippen MR) is 119 cm³/mol. The smallest absolute Gasteiger partial charge is 0.224 e. The van der Waals surface area contributed by atoms with Gasteiger partial charge in [-0.1, -0.05) is 35.9 Å². The molecule has 1 heterocycles. The van der Waals surface area contributed by atoms with Crippen molar-refractivity contribution >= 4 is 23.4 Å². The number of anilines is 3. The number of nitrogens with one attached hydrogen (secondary N) is 3. The summed E-state index contributed by atoms with van der Waals surface area (Å²) in [5.41, 5.74) is 3.88. The summed E-state index contributed by atoms with van der Waals surface area (Å²) in [6.07, 6.45) is 0.273. The Morgan fingerprint density at radius 3 is 2.53 bits per heavy atom. The fraction of sp³-hybridized carbons (Fsp3) is 0.261. The number of nitrogens with zero attached hydrogens (tertiary/aromatic N) is 2. The lowest BCUT2D eigenvalue weighted by Gasteiger charge is -2.11. The zero-order valence-corrected chi connectivity index (χ0v) is 17.5. The predicted octanol–water partition coefficient (Wildman–Crippen LogP) is 3.62. The van der Waals surface area contributed by atoms with Gasteiger partial charge in [0.15, 0.2) is 0 Å². The van der Waals surface area contributed by atoms with Crippen LogP contribution in [-0.2, 0) is 11.2 Å². The number of carbonyl (C=O) groups excluding carboxylic acids is 1. The van der Waals surface area contributed by atoms with Gasteiger partial charge in [-0.2, -0.15) is 4.98 Å². The Morgan fingerprint density at radius 1 is 1.00 bits per heavy atom. The number of amides is 1. The van der Waals surface area contributed by atoms with Crippen molar-refractivity contribution in [3.8, 4) is 5.75 Å². The van der Waals surface area contributed by atoms with Crippen LogP contribution in [0, 0.1) is 13.8 Å². The molecule has 156 valence electrons. The molecular formula is C23H27N5O2. The molecule has 0 radical (unpaired) electrons. The zero-order chi connectivity index (χ0) is 21.3. The number of aryl methyl sites for hydroxylation is 2. The van der Waals surface area contributed by atoms with Crippen LogP contribution in [0.4, 0.5) is 17.5 Å². The first-order valence-electron chi connectivity index (χ1n) is 9.85. The average molecular weight is 406 g/mol. The highest BCUT2D eigenvalue weighted by Gasteiger charge is 2.08. The molecule has 2 aromatic carbocycles. The largest absolute Gasteiger partial charge is 0.496 e. The zero-order valence-electron chi connectivity index (χ0n) is 17.5. The Bertz CT molecular complexity index is 989. The number of hydrogen-bond donors (Lipinski definition) is 3. The molecule has 1 aromatic heterocycles. The highest BCUT2D eigenvalue weighted by Crippen LogP contribution is 2.18. The number of benzene rings is 2. The van der Waals surface area contributed by atoms with Gasteiger partial charge < -0.3 is 20.7 Å². The van der Waals surface area contributed by atoms with E-state index in [4.69, 9.17) is 4.74 Å². The van der Waals surface area contributed by atoms with E-state index >= 15 is 0 Å². The quantitative estimate of drug-likeness (QED) is 0.471. The number of rotatable bonds is 9. The molecule has 0 atom stereocenters. The summed E-state index contributed by atoms with van der Waals surface area (Å²) in [5.74, 6) is 1.89. The van der Waals surface area contributed by atoms with Crippen molar-refractivity contribution in [1.82, 2.24) is 15.3 Å². The standard InChI is InChI=1S/C23H27N5O2/c1-16-8-10-19(11-9-16)27-21-14-17(2)26-23(28-21)25-13-12-24-22(29)15-18-6-4-5-7-20(18)30-3/h4-11,14H,12-13,15H2,1-3H3,(H,24,29)(H2,25,26,27,28). The van der Waals surface area contributed by atoms with E-state index in [-0.39, 0.29) is 12.3 Å². The Kier molecular flexibility index (Phi) is 7.21. The average Bonchev–Trinajstić information content (AvgIpc) is 2.73. The maximum absolute atomic E-state index is 12.2. The van der Waals surface area contributed by atoms with E-state index in [1.54, 1.807) is 7.11 Å². The minimum atomic E-state index is -0.0619. The first-order chi connectivity index (χ1) is 14.5. The van der Waals surface area contributed by atoms with Crippen molar-refractivity contribution in [2.45, 2.75) is 20.3 Å². The number of para-hydroxylation sites is 1. The number of aromatic nitrogens is 2. The highest BCUT2D eigenvalue weighted by molar-refractivity contribution is 5.79. The lowest BCUT2D eigenvalue weighted by atomic mass is 10.1. The molecule has 0 saturated heterocycles. The third-order valence-corrected chi connectivity index (χ3v) is 4.45. The molecule has 3 rings (SSSR count). The van der Waals surface area contributed by atoms with Gasteiger partial charge in [-0.25, -0.2) is 4.98 Å². The summed E-state index contributed by atoms with van der Waals surface area (Å²) in [7, 11) is 1.60. The Hall–Kier alpha value is -3.61. The van der Waals surface area contributed by atoms with Gasteiger partial charge in [0, 0.05) is 36.1 Å². The Labute approximate surface area is 176 Å². The topological polar surface area (TPSA) is 88.2 Å². The van der Waals surface area contributed by atoms with Crippen LogP contribution in [0.1, 0.15) is 16.8 Å². The van der Waals surface area contributed by atoms with E-state index < -0.39 is 0 Å². The van der Waals surface area contributed by atoms with E-state index in [1.165, 1.54) is 5.56 Å². The van der Waals surface area contributed by atoms with E-state index in [9.17, 15) is 4.79 Å². The van der Waals surface area contributed by atoms with Crippen LogP contribution >= 0.6 is 0 Å². The fourth-order valence-electron chi connectivity index (χ4n) is 2.96. The van der Waals surface area contributed by atoms with Crippen LogP contribution < -0.4 is 20.7 Å². The number of carbonyl (C=O) groups is 1. The van der Waals surface area contributed by atoms with E-state index in [0.717, 1.165) is 16.9 Å². The molecule has 0 unspecified atom stereocenters. The summed E-state index contributed by atoms with van der Waals surface area (Å²) >= 11 is 0. The van der Waals surface area contributed by atoms with Crippen LogP contribution in [0.5, 0.6) is 5.75 Å². The maximum Gasteiger partial charge on any atom is 0.224 e. The third-order valence-electron chi connectivity index (χ3n) is 4.45. The van der Waals surface area contributed by atoms with Crippen molar-refractivity contribution in [3.05, 3.63) is 71.4 Å². The van der Waals surface area contributed by atoms with Crippen LogP contribution in [-0.4, -0.2) is 36.1 Å². The highest BCUT2D eigenvalue weighted by atomic mass is 16.5.